The van der Waals surface area contributed by atoms with Gasteiger partial charge in [-0.1, -0.05) is 0 Å². The fourth-order valence-corrected chi connectivity index (χ4v) is 2.59. The molecule has 1 N–H and O–H groups in total. The van der Waals surface area contributed by atoms with Crippen molar-refractivity contribution in [3.8, 4) is 6.07 Å². The highest BCUT2D eigenvalue weighted by molar-refractivity contribution is 7.85. The molecule has 0 spiro atoms. The van der Waals surface area contributed by atoms with Gasteiger partial charge in [0.15, 0.2) is 5.78 Å². The number of hydrogen-bond acceptors (Lipinski definition) is 4. The van der Waals surface area contributed by atoms with Crippen LogP contribution in [0.25, 0.3) is 0 Å². The Labute approximate surface area is 126 Å². The van der Waals surface area contributed by atoms with Crippen molar-refractivity contribution in [1.82, 2.24) is 0 Å². The molecule has 5 nitrogen and oxygen atoms in total. The van der Waals surface area contributed by atoms with E-state index in [1.807, 2.05) is 6.07 Å². The van der Waals surface area contributed by atoms with E-state index in [0.717, 1.165) is 12.1 Å². The highest BCUT2D eigenvalue weighted by atomic mass is 32.2. The fraction of sp³-hybridized carbons (Fsp3) is 0.0667. The zero-order valence-electron chi connectivity index (χ0n) is 11.2. The molecule has 2 aromatic rings. The number of halogens is 1. The van der Waals surface area contributed by atoms with Crippen molar-refractivity contribution >= 4 is 15.9 Å². The number of rotatable bonds is 4. The molecule has 0 radical (unpaired) electrons. The van der Waals surface area contributed by atoms with Gasteiger partial charge in [0.2, 0.25) is 0 Å². The summed E-state index contributed by atoms with van der Waals surface area (Å²) in [5.41, 5.74) is 0.371. The third-order valence-corrected chi connectivity index (χ3v) is 3.60. The van der Waals surface area contributed by atoms with E-state index in [0.29, 0.717) is 0 Å². The van der Waals surface area contributed by atoms with E-state index in [9.17, 15) is 17.6 Å². The molecule has 0 amide bonds. The van der Waals surface area contributed by atoms with Gasteiger partial charge in [-0.3, -0.25) is 9.35 Å². The summed E-state index contributed by atoms with van der Waals surface area (Å²) >= 11 is 0. The zero-order chi connectivity index (χ0) is 16.3. The second-order valence-electron chi connectivity index (χ2n) is 4.55. The Morgan fingerprint density at radius 3 is 2.36 bits per heavy atom. The number of ketones is 1. The predicted octanol–water partition coefficient (Wildman–Crippen LogP) is 2.32. The summed E-state index contributed by atoms with van der Waals surface area (Å²) in [6.45, 7) is 0. The number of nitrogens with zero attached hydrogens (tertiary/aromatic N) is 1. The van der Waals surface area contributed by atoms with Gasteiger partial charge < -0.3 is 0 Å². The lowest BCUT2D eigenvalue weighted by Crippen LogP contribution is -2.10. The van der Waals surface area contributed by atoms with E-state index < -0.39 is 27.5 Å². The number of benzene rings is 2. The molecule has 7 heteroatoms. The molecular weight excluding hydrogens is 309 g/mol. The van der Waals surface area contributed by atoms with Crippen molar-refractivity contribution in [2.45, 2.75) is 5.75 Å². The van der Waals surface area contributed by atoms with E-state index >= 15 is 0 Å². The van der Waals surface area contributed by atoms with E-state index in [1.54, 1.807) is 0 Å². The van der Waals surface area contributed by atoms with Crippen molar-refractivity contribution in [2.75, 3.05) is 0 Å². The molecule has 22 heavy (non-hydrogen) atoms. The smallest absolute Gasteiger partial charge is 0.269 e. The Hall–Kier alpha value is -2.56. The van der Waals surface area contributed by atoms with Crippen LogP contribution in [0, 0.1) is 17.1 Å². The Kier molecular flexibility index (Phi) is 4.35. The molecule has 0 aromatic heterocycles. The second kappa shape index (κ2) is 6.05. The first-order chi connectivity index (χ1) is 10.3. The molecule has 2 aromatic carbocycles. The van der Waals surface area contributed by atoms with Crippen LogP contribution in [-0.2, 0) is 15.9 Å². The Balaban J connectivity index is 2.52. The van der Waals surface area contributed by atoms with Crippen LogP contribution in [0.4, 0.5) is 4.39 Å². The first-order valence-corrected chi connectivity index (χ1v) is 7.69. The summed E-state index contributed by atoms with van der Waals surface area (Å²) in [6, 6.07) is 10.5. The van der Waals surface area contributed by atoms with E-state index in [2.05, 4.69) is 0 Å². The molecule has 0 heterocycles. The van der Waals surface area contributed by atoms with Gasteiger partial charge in [0, 0.05) is 11.1 Å². The normalized spacial score (nSPS) is 11.0. The summed E-state index contributed by atoms with van der Waals surface area (Å²) < 4.78 is 44.0. The van der Waals surface area contributed by atoms with Crippen molar-refractivity contribution < 1.29 is 22.2 Å². The van der Waals surface area contributed by atoms with Gasteiger partial charge in [0.25, 0.3) is 10.1 Å². The molecule has 0 saturated heterocycles. The standard InChI is InChI=1S/C15H10FNO4S/c16-13-4-2-11(3-5-13)15(18)14-6-1-10(8-17)7-12(14)9-22(19,20)21/h1-7H,9H2,(H,19,20,21). The first-order valence-electron chi connectivity index (χ1n) is 6.08. The van der Waals surface area contributed by atoms with Crippen LogP contribution in [0.5, 0.6) is 0 Å². The molecule has 0 saturated carbocycles. The van der Waals surface area contributed by atoms with Gasteiger partial charge in [-0.05, 0) is 48.0 Å². The maximum absolute atomic E-state index is 12.9. The first kappa shape index (κ1) is 15.8. The van der Waals surface area contributed by atoms with Crippen LogP contribution >= 0.6 is 0 Å². The zero-order valence-corrected chi connectivity index (χ0v) is 12.0. The van der Waals surface area contributed by atoms with Gasteiger partial charge in [-0.15, -0.1) is 0 Å². The fourth-order valence-electron chi connectivity index (χ4n) is 1.96. The van der Waals surface area contributed by atoms with Gasteiger partial charge in [0.1, 0.15) is 11.6 Å². The summed E-state index contributed by atoms with van der Waals surface area (Å²) in [4.78, 5) is 12.4. The molecule has 0 atom stereocenters. The van der Waals surface area contributed by atoms with Crippen LogP contribution in [0.3, 0.4) is 0 Å². The number of hydrogen-bond donors (Lipinski definition) is 1. The summed E-state index contributed by atoms with van der Waals surface area (Å²) in [5, 5.41) is 8.85. The maximum atomic E-state index is 12.9. The molecule has 0 unspecified atom stereocenters. The van der Waals surface area contributed by atoms with Crippen LogP contribution in [0.2, 0.25) is 0 Å². The van der Waals surface area contributed by atoms with Crippen LogP contribution in [0.1, 0.15) is 27.0 Å². The van der Waals surface area contributed by atoms with Crippen molar-refractivity contribution in [3.63, 3.8) is 0 Å². The Morgan fingerprint density at radius 1 is 1.18 bits per heavy atom. The largest absolute Gasteiger partial charge is 0.289 e. The maximum Gasteiger partial charge on any atom is 0.269 e. The quantitative estimate of drug-likeness (QED) is 0.689. The second-order valence-corrected chi connectivity index (χ2v) is 6.00. The molecule has 0 aliphatic rings. The molecule has 2 rings (SSSR count). The van der Waals surface area contributed by atoms with Gasteiger partial charge in [-0.25, -0.2) is 4.39 Å². The molecule has 112 valence electrons. The van der Waals surface area contributed by atoms with Crippen LogP contribution in [-0.4, -0.2) is 18.8 Å². The number of carbonyl (C=O) groups is 1. The highest BCUT2D eigenvalue weighted by Gasteiger charge is 2.18. The molecule has 0 bridgehead atoms. The number of nitriles is 1. The average Bonchev–Trinajstić information content (AvgIpc) is 2.45. The Bertz CT molecular complexity index is 867. The van der Waals surface area contributed by atoms with Crippen LogP contribution < -0.4 is 0 Å². The monoisotopic (exact) mass is 319 g/mol. The van der Waals surface area contributed by atoms with Crippen molar-refractivity contribution in [1.29, 1.82) is 5.26 Å². The third-order valence-electron chi connectivity index (χ3n) is 2.92. The lowest BCUT2D eigenvalue weighted by molar-refractivity contribution is 0.103. The predicted molar refractivity (Wildman–Crippen MR) is 76.2 cm³/mol. The minimum Gasteiger partial charge on any atom is -0.289 e. The van der Waals surface area contributed by atoms with Crippen molar-refractivity contribution in [3.05, 3.63) is 70.5 Å². The van der Waals surface area contributed by atoms with E-state index in [-0.39, 0.29) is 22.3 Å². The average molecular weight is 319 g/mol. The van der Waals surface area contributed by atoms with Crippen LogP contribution in [0.15, 0.2) is 42.5 Å². The minimum atomic E-state index is -4.37. The minimum absolute atomic E-state index is 0.0101. The SMILES string of the molecule is N#Cc1ccc(C(=O)c2ccc(F)cc2)c(CS(=O)(=O)O)c1. The summed E-state index contributed by atoms with van der Waals surface area (Å²) in [5.74, 6) is -1.82. The number of carbonyl (C=O) groups excluding carboxylic acids is 1. The van der Waals surface area contributed by atoms with E-state index in [4.69, 9.17) is 9.81 Å². The van der Waals surface area contributed by atoms with E-state index in [1.165, 1.54) is 30.3 Å². The molecular formula is C15H10FNO4S. The van der Waals surface area contributed by atoms with Crippen molar-refractivity contribution in [2.24, 2.45) is 0 Å². The molecule has 0 fully saturated rings. The molecule has 0 aliphatic carbocycles. The Morgan fingerprint density at radius 2 is 1.82 bits per heavy atom. The summed E-state index contributed by atoms with van der Waals surface area (Å²) in [7, 11) is -4.37. The topological polar surface area (TPSA) is 95.2 Å². The lowest BCUT2D eigenvalue weighted by atomic mass is 9.97. The third kappa shape index (κ3) is 3.75. The highest BCUT2D eigenvalue weighted by Crippen LogP contribution is 2.19. The van der Waals surface area contributed by atoms with Gasteiger partial charge in [0.05, 0.1) is 11.6 Å². The molecule has 0 aliphatic heterocycles. The van der Waals surface area contributed by atoms with Gasteiger partial charge in [-0.2, -0.15) is 13.7 Å². The van der Waals surface area contributed by atoms with Gasteiger partial charge >= 0.3 is 0 Å². The lowest BCUT2D eigenvalue weighted by Gasteiger charge is -2.08. The summed E-state index contributed by atoms with van der Waals surface area (Å²) in [6.07, 6.45) is 0.